The van der Waals surface area contributed by atoms with Crippen LogP contribution in [0.1, 0.15) is 17.3 Å². The molecule has 0 aliphatic carbocycles. The number of hydrogen-bond acceptors (Lipinski definition) is 3. The lowest BCUT2D eigenvalue weighted by atomic mass is 10.1. The van der Waals surface area contributed by atoms with Crippen LogP contribution in [0.3, 0.4) is 0 Å². The molecule has 0 radical (unpaired) electrons. The number of fused-ring (bicyclic) bond motifs is 1. The van der Waals surface area contributed by atoms with E-state index in [0.29, 0.717) is 10.9 Å². The fraction of sp³-hybridized carbons (Fsp3) is 0.167. The van der Waals surface area contributed by atoms with Gasteiger partial charge in [-0.1, -0.05) is 23.2 Å². The second-order valence-corrected chi connectivity index (χ2v) is 4.27. The summed E-state index contributed by atoms with van der Waals surface area (Å²) in [7, 11) is 0. The van der Waals surface area contributed by atoms with Gasteiger partial charge in [0, 0.05) is 11.6 Å². The van der Waals surface area contributed by atoms with Crippen molar-refractivity contribution in [1.82, 2.24) is 4.98 Å². The van der Waals surface area contributed by atoms with Gasteiger partial charge in [-0.25, -0.2) is 9.18 Å². The average Bonchev–Trinajstić information content (AvgIpc) is 2.32. The predicted molar refractivity (Wildman–Crippen MR) is 67.7 cm³/mol. The van der Waals surface area contributed by atoms with E-state index in [4.69, 9.17) is 27.9 Å². The first-order valence-electron chi connectivity index (χ1n) is 5.15. The highest BCUT2D eigenvalue weighted by Crippen LogP contribution is 2.29. The third-order valence-corrected chi connectivity index (χ3v) is 3.04. The average molecular weight is 288 g/mol. The topological polar surface area (TPSA) is 39.2 Å². The van der Waals surface area contributed by atoms with Crippen molar-refractivity contribution in [2.45, 2.75) is 6.92 Å². The lowest BCUT2D eigenvalue weighted by molar-refractivity contribution is 0.0526. The quantitative estimate of drug-likeness (QED) is 0.788. The summed E-state index contributed by atoms with van der Waals surface area (Å²) in [5.74, 6) is -1.21. The second kappa shape index (κ2) is 5.08. The molecule has 0 amide bonds. The van der Waals surface area contributed by atoms with Crippen molar-refractivity contribution < 1.29 is 13.9 Å². The van der Waals surface area contributed by atoms with E-state index in [1.807, 2.05) is 0 Å². The summed E-state index contributed by atoms with van der Waals surface area (Å²) in [6.07, 6.45) is 1.29. The van der Waals surface area contributed by atoms with Crippen LogP contribution in [0.2, 0.25) is 10.0 Å². The van der Waals surface area contributed by atoms with Crippen molar-refractivity contribution in [2.75, 3.05) is 6.61 Å². The number of carbonyl (C=O) groups is 1. The van der Waals surface area contributed by atoms with Gasteiger partial charge in [-0.15, -0.1) is 0 Å². The van der Waals surface area contributed by atoms with E-state index in [1.54, 1.807) is 6.92 Å². The van der Waals surface area contributed by atoms with E-state index in [0.717, 1.165) is 6.07 Å². The largest absolute Gasteiger partial charge is 0.462 e. The SMILES string of the molecule is CCOC(=O)c1cnc2cc(Cl)c(F)cc2c1Cl. The fourth-order valence-electron chi connectivity index (χ4n) is 1.51. The minimum Gasteiger partial charge on any atom is -0.462 e. The van der Waals surface area contributed by atoms with Crippen molar-refractivity contribution in [2.24, 2.45) is 0 Å². The van der Waals surface area contributed by atoms with Crippen molar-refractivity contribution in [1.29, 1.82) is 0 Å². The predicted octanol–water partition coefficient (Wildman–Crippen LogP) is 3.86. The highest BCUT2D eigenvalue weighted by atomic mass is 35.5. The number of aromatic nitrogens is 1. The molecule has 2 rings (SSSR count). The van der Waals surface area contributed by atoms with E-state index < -0.39 is 11.8 Å². The molecule has 6 heteroatoms. The number of nitrogens with zero attached hydrogens (tertiary/aromatic N) is 1. The van der Waals surface area contributed by atoms with Gasteiger partial charge in [0.15, 0.2) is 0 Å². The molecule has 0 aliphatic rings. The zero-order valence-corrected chi connectivity index (χ0v) is 10.8. The molecule has 0 N–H and O–H groups in total. The lowest BCUT2D eigenvalue weighted by Crippen LogP contribution is -2.06. The van der Waals surface area contributed by atoms with Gasteiger partial charge >= 0.3 is 5.97 Å². The fourth-order valence-corrected chi connectivity index (χ4v) is 1.94. The Bertz CT molecular complexity index is 631. The Morgan fingerprint density at radius 3 is 2.83 bits per heavy atom. The van der Waals surface area contributed by atoms with E-state index in [9.17, 15) is 9.18 Å². The first kappa shape index (κ1) is 13.1. The minimum absolute atomic E-state index is 0.0463. The molecular formula is C12H8Cl2FNO2. The Morgan fingerprint density at radius 1 is 1.44 bits per heavy atom. The van der Waals surface area contributed by atoms with Crippen LogP contribution >= 0.6 is 23.2 Å². The first-order chi connectivity index (χ1) is 8.54. The molecule has 0 atom stereocenters. The van der Waals surface area contributed by atoms with Gasteiger partial charge in [-0.05, 0) is 19.1 Å². The number of esters is 1. The van der Waals surface area contributed by atoms with Crippen LogP contribution in [0.15, 0.2) is 18.3 Å². The van der Waals surface area contributed by atoms with E-state index >= 15 is 0 Å². The summed E-state index contributed by atoms with van der Waals surface area (Å²) >= 11 is 11.7. The monoisotopic (exact) mass is 287 g/mol. The van der Waals surface area contributed by atoms with Gasteiger partial charge in [0.2, 0.25) is 0 Å². The Balaban J connectivity index is 2.63. The standard InChI is InChI=1S/C12H8Cl2FNO2/c1-2-18-12(17)7-5-16-10-4-8(13)9(15)3-6(10)11(7)14/h3-5H,2H2,1H3. The number of halogens is 3. The molecule has 0 spiro atoms. The van der Waals surface area contributed by atoms with E-state index in [1.165, 1.54) is 12.3 Å². The van der Waals surface area contributed by atoms with Crippen molar-refractivity contribution >= 4 is 40.1 Å². The van der Waals surface area contributed by atoms with Crippen molar-refractivity contribution in [3.8, 4) is 0 Å². The number of carbonyl (C=O) groups excluding carboxylic acids is 1. The molecule has 0 fully saturated rings. The normalized spacial score (nSPS) is 10.7. The van der Waals surface area contributed by atoms with Crippen LogP contribution in [-0.4, -0.2) is 17.6 Å². The molecule has 1 aromatic heterocycles. The molecule has 0 saturated carbocycles. The summed E-state index contributed by atoms with van der Waals surface area (Å²) in [6.45, 7) is 1.90. The van der Waals surface area contributed by atoms with Crippen LogP contribution in [0.5, 0.6) is 0 Å². The summed E-state index contributed by atoms with van der Waals surface area (Å²) in [5, 5.41) is 0.382. The number of hydrogen-bond donors (Lipinski definition) is 0. The summed E-state index contributed by atoms with van der Waals surface area (Å²) in [5.41, 5.74) is 0.521. The molecule has 0 bridgehead atoms. The van der Waals surface area contributed by atoms with Crippen LogP contribution in [0.4, 0.5) is 4.39 Å². The Kier molecular flexibility index (Phi) is 3.68. The molecule has 0 saturated heterocycles. The molecular weight excluding hydrogens is 280 g/mol. The number of ether oxygens (including phenoxy) is 1. The highest BCUT2D eigenvalue weighted by molar-refractivity contribution is 6.38. The minimum atomic E-state index is -0.617. The molecule has 1 aromatic carbocycles. The number of rotatable bonds is 2. The van der Waals surface area contributed by atoms with Crippen molar-refractivity contribution in [3.05, 3.63) is 39.8 Å². The second-order valence-electron chi connectivity index (χ2n) is 3.49. The molecule has 94 valence electrons. The molecule has 1 heterocycles. The lowest BCUT2D eigenvalue weighted by Gasteiger charge is -2.07. The molecule has 0 unspecified atom stereocenters. The van der Waals surface area contributed by atoms with Gasteiger partial charge in [-0.3, -0.25) is 4.98 Å². The number of pyridine rings is 1. The van der Waals surface area contributed by atoms with Gasteiger partial charge in [0.25, 0.3) is 0 Å². The number of benzene rings is 1. The van der Waals surface area contributed by atoms with Crippen LogP contribution in [-0.2, 0) is 4.74 Å². The smallest absolute Gasteiger partial charge is 0.341 e. The Hall–Kier alpha value is -1.39. The van der Waals surface area contributed by atoms with Gasteiger partial charge < -0.3 is 4.74 Å². The molecule has 3 nitrogen and oxygen atoms in total. The Labute approximate surface area is 112 Å². The van der Waals surface area contributed by atoms with Crippen molar-refractivity contribution in [3.63, 3.8) is 0 Å². The van der Waals surface area contributed by atoms with Crippen LogP contribution in [0, 0.1) is 5.82 Å². The van der Waals surface area contributed by atoms with Crippen LogP contribution in [0.25, 0.3) is 10.9 Å². The highest BCUT2D eigenvalue weighted by Gasteiger charge is 2.16. The molecule has 2 aromatic rings. The van der Waals surface area contributed by atoms with Gasteiger partial charge in [0.1, 0.15) is 5.82 Å². The summed E-state index contributed by atoms with van der Waals surface area (Å²) < 4.78 is 18.2. The maximum Gasteiger partial charge on any atom is 0.341 e. The molecule has 0 aliphatic heterocycles. The first-order valence-corrected chi connectivity index (χ1v) is 5.90. The maximum absolute atomic E-state index is 13.4. The third kappa shape index (κ3) is 2.26. The zero-order valence-electron chi connectivity index (χ0n) is 9.34. The van der Waals surface area contributed by atoms with Gasteiger partial charge in [0.05, 0.1) is 27.7 Å². The van der Waals surface area contributed by atoms with Crippen LogP contribution < -0.4 is 0 Å². The third-order valence-electron chi connectivity index (χ3n) is 2.34. The Morgan fingerprint density at radius 2 is 2.17 bits per heavy atom. The maximum atomic E-state index is 13.4. The van der Waals surface area contributed by atoms with E-state index in [-0.39, 0.29) is 22.2 Å². The summed E-state index contributed by atoms with van der Waals surface area (Å²) in [4.78, 5) is 15.6. The summed E-state index contributed by atoms with van der Waals surface area (Å²) in [6, 6.07) is 2.50. The van der Waals surface area contributed by atoms with E-state index in [2.05, 4.69) is 4.98 Å². The zero-order chi connectivity index (χ0) is 13.3. The van der Waals surface area contributed by atoms with Gasteiger partial charge in [-0.2, -0.15) is 0 Å². The molecule has 18 heavy (non-hydrogen) atoms.